The molecule has 0 saturated heterocycles. The van der Waals surface area contributed by atoms with Crippen molar-refractivity contribution in [3.63, 3.8) is 0 Å². The van der Waals surface area contributed by atoms with E-state index in [0.29, 0.717) is 33.5 Å². The highest BCUT2D eigenvalue weighted by Crippen LogP contribution is 2.30. The van der Waals surface area contributed by atoms with Gasteiger partial charge in [0.1, 0.15) is 10.6 Å². The minimum Gasteiger partial charge on any atom is -0.383 e. The molecule has 8 heteroatoms. The van der Waals surface area contributed by atoms with E-state index in [1.54, 1.807) is 20.8 Å². The predicted molar refractivity (Wildman–Crippen MR) is 102 cm³/mol. The lowest BCUT2D eigenvalue weighted by Gasteiger charge is -2.09. The number of Topliss-reactive ketones (excluding diaryl/α,β-unsaturated/α-hetero) is 2. The Morgan fingerprint density at radius 2 is 2.04 bits per heavy atom. The van der Waals surface area contributed by atoms with Crippen LogP contribution in [0.4, 0.5) is 5.82 Å². The van der Waals surface area contributed by atoms with Gasteiger partial charge in [-0.05, 0) is 44.7 Å². The average molecular weight is 374 g/mol. The molecule has 0 bridgehead atoms. The molecule has 0 saturated carbocycles. The van der Waals surface area contributed by atoms with Gasteiger partial charge in [-0.15, -0.1) is 11.3 Å². The van der Waals surface area contributed by atoms with E-state index in [1.807, 2.05) is 11.4 Å². The monoisotopic (exact) mass is 374 g/mol. The predicted octanol–water partition coefficient (Wildman–Crippen LogP) is 3.78. The topological polar surface area (TPSA) is 102 Å². The first-order chi connectivity index (χ1) is 11.8. The maximum atomic E-state index is 12.8. The Hall–Kier alpha value is -2.19. The highest BCUT2D eigenvalue weighted by molar-refractivity contribution is 8.00. The van der Waals surface area contributed by atoms with E-state index in [2.05, 4.69) is 15.0 Å². The summed E-state index contributed by atoms with van der Waals surface area (Å²) in [5, 5.41) is 2.80. The normalized spacial score (nSPS) is 12.5. The summed E-state index contributed by atoms with van der Waals surface area (Å²) in [5.74, 6) is 0.274. The molecule has 3 aromatic heterocycles. The minimum absolute atomic E-state index is 0.0511. The smallest absolute Gasteiger partial charge is 0.192 e. The van der Waals surface area contributed by atoms with E-state index in [9.17, 15) is 9.59 Å². The van der Waals surface area contributed by atoms with Crippen molar-refractivity contribution in [1.29, 1.82) is 0 Å². The standard InChI is InChI=1S/C17H18N4O2S2/c1-7-12(9(3)22)8(2)19-13(7)14(23)10(4)25-17-20-15(18)11-5-6-24-16(11)21-17/h5-6,10,19H,1-4H3,(H2,18,20,21)/t10-/m0/s1. The Bertz CT molecular complexity index is 990. The Morgan fingerprint density at radius 1 is 1.32 bits per heavy atom. The third-order valence-electron chi connectivity index (χ3n) is 4.02. The molecule has 3 rings (SSSR count). The maximum absolute atomic E-state index is 12.8. The van der Waals surface area contributed by atoms with Gasteiger partial charge in [0.25, 0.3) is 0 Å². The second-order valence-electron chi connectivity index (χ2n) is 5.84. The molecule has 3 heterocycles. The molecule has 0 unspecified atom stereocenters. The van der Waals surface area contributed by atoms with Gasteiger partial charge in [0.2, 0.25) is 0 Å². The molecule has 0 fully saturated rings. The van der Waals surface area contributed by atoms with Crippen molar-refractivity contribution in [2.24, 2.45) is 0 Å². The lowest BCUT2D eigenvalue weighted by Crippen LogP contribution is -2.16. The van der Waals surface area contributed by atoms with Crippen LogP contribution in [0.1, 0.15) is 46.0 Å². The van der Waals surface area contributed by atoms with Crippen molar-refractivity contribution < 1.29 is 9.59 Å². The first-order valence-corrected chi connectivity index (χ1v) is 9.47. The second-order valence-corrected chi connectivity index (χ2v) is 8.04. The molecule has 25 heavy (non-hydrogen) atoms. The van der Waals surface area contributed by atoms with Crippen LogP contribution in [0.5, 0.6) is 0 Å². The number of thioether (sulfide) groups is 1. The van der Waals surface area contributed by atoms with Gasteiger partial charge < -0.3 is 10.7 Å². The number of nitrogens with two attached hydrogens (primary N) is 1. The number of rotatable bonds is 5. The van der Waals surface area contributed by atoms with Crippen LogP contribution in [0.3, 0.4) is 0 Å². The SMILES string of the molecule is CC(=O)c1c(C)[nH]c(C(=O)[C@H](C)Sc2nc(N)c3ccsc3n2)c1C. The number of aromatic amines is 1. The number of nitrogens with zero attached hydrogens (tertiary/aromatic N) is 2. The van der Waals surface area contributed by atoms with Gasteiger partial charge in [-0.3, -0.25) is 9.59 Å². The third-order valence-corrected chi connectivity index (χ3v) is 5.79. The number of aryl methyl sites for hydroxylation is 1. The van der Waals surface area contributed by atoms with Crippen molar-refractivity contribution in [3.05, 3.63) is 34.0 Å². The van der Waals surface area contributed by atoms with E-state index in [4.69, 9.17) is 5.73 Å². The largest absolute Gasteiger partial charge is 0.383 e. The molecule has 3 N–H and O–H groups in total. The Morgan fingerprint density at radius 3 is 2.68 bits per heavy atom. The van der Waals surface area contributed by atoms with Gasteiger partial charge in [-0.2, -0.15) is 0 Å². The number of nitrogen functional groups attached to an aromatic ring is 1. The van der Waals surface area contributed by atoms with E-state index in [-0.39, 0.29) is 11.6 Å². The van der Waals surface area contributed by atoms with Crippen molar-refractivity contribution in [1.82, 2.24) is 15.0 Å². The zero-order chi connectivity index (χ0) is 18.3. The number of hydrogen-bond acceptors (Lipinski definition) is 7. The molecular weight excluding hydrogens is 356 g/mol. The fourth-order valence-electron chi connectivity index (χ4n) is 2.85. The summed E-state index contributed by atoms with van der Waals surface area (Å²) in [4.78, 5) is 37.2. The Balaban J connectivity index is 1.87. The van der Waals surface area contributed by atoms with E-state index < -0.39 is 5.25 Å². The molecule has 130 valence electrons. The van der Waals surface area contributed by atoms with Gasteiger partial charge >= 0.3 is 0 Å². The maximum Gasteiger partial charge on any atom is 0.192 e. The molecule has 0 radical (unpaired) electrons. The van der Waals surface area contributed by atoms with Crippen molar-refractivity contribution in [3.8, 4) is 0 Å². The first kappa shape index (κ1) is 17.6. The molecule has 0 amide bonds. The van der Waals surface area contributed by atoms with Crippen LogP contribution >= 0.6 is 23.1 Å². The fourth-order valence-corrected chi connectivity index (χ4v) is 4.52. The number of ketones is 2. The van der Waals surface area contributed by atoms with Crippen LogP contribution in [0.25, 0.3) is 10.2 Å². The highest BCUT2D eigenvalue weighted by atomic mass is 32.2. The van der Waals surface area contributed by atoms with Gasteiger partial charge in [-0.25, -0.2) is 9.97 Å². The summed E-state index contributed by atoms with van der Waals surface area (Å²) in [6.07, 6.45) is 0. The van der Waals surface area contributed by atoms with Crippen LogP contribution in [0, 0.1) is 13.8 Å². The zero-order valence-corrected chi connectivity index (χ0v) is 16.0. The fraction of sp³-hybridized carbons (Fsp3) is 0.294. The molecule has 0 aliphatic rings. The summed E-state index contributed by atoms with van der Waals surface area (Å²) in [7, 11) is 0. The number of carbonyl (C=O) groups is 2. The number of aromatic nitrogens is 3. The van der Waals surface area contributed by atoms with Crippen molar-refractivity contribution >= 4 is 50.7 Å². The molecular formula is C17H18N4O2S2. The highest BCUT2D eigenvalue weighted by Gasteiger charge is 2.25. The number of H-pyrrole nitrogens is 1. The second kappa shape index (κ2) is 6.61. The molecule has 0 spiro atoms. The number of anilines is 1. The van der Waals surface area contributed by atoms with Crippen LogP contribution in [0.15, 0.2) is 16.6 Å². The minimum atomic E-state index is -0.409. The molecule has 3 aromatic rings. The van der Waals surface area contributed by atoms with E-state index in [0.717, 1.165) is 10.2 Å². The van der Waals surface area contributed by atoms with Crippen molar-refractivity contribution in [2.75, 3.05) is 5.73 Å². The van der Waals surface area contributed by atoms with E-state index in [1.165, 1.54) is 30.0 Å². The molecule has 0 aromatic carbocycles. The molecule has 0 aliphatic heterocycles. The molecule has 0 aliphatic carbocycles. The first-order valence-electron chi connectivity index (χ1n) is 7.71. The lowest BCUT2D eigenvalue weighted by molar-refractivity contribution is 0.0988. The zero-order valence-electron chi connectivity index (χ0n) is 14.3. The number of nitrogens with one attached hydrogen (secondary N) is 1. The summed E-state index contributed by atoms with van der Waals surface area (Å²) in [5.41, 5.74) is 8.41. The number of fused-ring (bicyclic) bond motifs is 1. The molecule has 1 atom stereocenters. The van der Waals surface area contributed by atoms with E-state index >= 15 is 0 Å². The Kier molecular flexibility index (Phi) is 4.66. The summed E-state index contributed by atoms with van der Waals surface area (Å²) >= 11 is 2.75. The summed E-state index contributed by atoms with van der Waals surface area (Å²) < 4.78 is 0. The van der Waals surface area contributed by atoms with Gasteiger partial charge in [0.15, 0.2) is 16.7 Å². The lowest BCUT2D eigenvalue weighted by atomic mass is 10.0. The summed E-state index contributed by atoms with van der Waals surface area (Å²) in [6.45, 7) is 6.89. The average Bonchev–Trinajstić information content (AvgIpc) is 3.11. The third kappa shape index (κ3) is 3.19. The number of thiophene rings is 1. The molecule has 6 nitrogen and oxygen atoms in total. The van der Waals surface area contributed by atoms with Crippen LogP contribution < -0.4 is 5.73 Å². The van der Waals surface area contributed by atoms with Gasteiger partial charge in [0, 0.05) is 11.3 Å². The number of hydrogen-bond donors (Lipinski definition) is 2. The quantitative estimate of drug-likeness (QED) is 0.400. The summed E-state index contributed by atoms with van der Waals surface area (Å²) in [6, 6.07) is 1.88. The van der Waals surface area contributed by atoms with Gasteiger partial charge in [-0.1, -0.05) is 11.8 Å². The van der Waals surface area contributed by atoms with Crippen LogP contribution in [-0.4, -0.2) is 31.8 Å². The number of carbonyl (C=O) groups excluding carboxylic acids is 2. The van der Waals surface area contributed by atoms with Crippen molar-refractivity contribution in [2.45, 2.75) is 38.1 Å². The van der Waals surface area contributed by atoms with Crippen LogP contribution in [0.2, 0.25) is 0 Å². The van der Waals surface area contributed by atoms with Gasteiger partial charge in [0.05, 0.1) is 16.3 Å². The Labute approximate surface area is 153 Å². The van der Waals surface area contributed by atoms with Crippen LogP contribution in [-0.2, 0) is 0 Å².